The van der Waals surface area contributed by atoms with Crippen molar-refractivity contribution in [3.05, 3.63) is 47.0 Å². The zero-order chi connectivity index (χ0) is 15.8. The molecule has 0 aliphatic heterocycles. The first-order valence-corrected chi connectivity index (χ1v) is 6.78. The molecular formula is C15H16ClF2NO2. The molecule has 1 aromatic carbocycles. The van der Waals surface area contributed by atoms with Gasteiger partial charge in [-0.1, -0.05) is 18.2 Å². The van der Waals surface area contributed by atoms with Gasteiger partial charge in [0.2, 0.25) is 5.90 Å². The molecule has 0 heterocycles. The normalized spacial score (nSPS) is 12.2. The van der Waals surface area contributed by atoms with Crippen LogP contribution in [0.1, 0.15) is 41.8 Å². The molecule has 0 unspecified atom stereocenters. The average molecular weight is 316 g/mol. The van der Waals surface area contributed by atoms with Gasteiger partial charge in [0.05, 0.1) is 0 Å². The Morgan fingerprint density at radius 1 is 1.48 bits per heavy atom. The van der Waals surface area contributed by atoms with Crippen molar-refractivity contribution in [3.63, 3.8) is 0 Å². The summed E-state index contributed by atoms with van der Waals surface area (Å²) >= 11 is 5.44. The van der Waals surface area contributed by atoms with E-state index in [2.05, 4.69) is 4.99 Å². The average Bonchev–Trinajstić information content (AvgIpc) is 2.44. The Balaban J connectivity index is 3.10. The predicted molar refractivity (Wildman–Crippen MR) is 79.2 cm³/mol. The van der Waals surface area contributed by atoms with E-state index in [0.717, 1.165) is 0 Å². The lowest BCUT2D eigenvalue weighted by Gasteiger charge is -2.13. The van der Waals surface area contributed by atoms with Crippen molar-refractivity contribution in [3.8, 4) is 0 Å². The molecule has 0 spiro atoms. The highest BCUT2D eigenvalue weighted by Gasteiger charge is 2.19. The number of rotatable bonds is 6. The summed E-state index contributed by atoms with van der Waals surface area (Å²) in [5, 5.41) is -0.795. The molecule has 0 bridgehead atoms. The Kier molecular flexibility index (Phi) is 7.02. The third kappa shape index (κ3) is 4.93. The van der Waals surface area contributed by atoms with Crippen molar-refractivity contribution in [1.29, 1.82) is 0 Å². The summed E-state index contributed by atoms with van der Waals surface area (Å²) < 4.78 is 31.5. The molecule has 0 aromatic heterocycles. The summed E-state index contributed by atoms with van der Waals surface area (Å²) in [7, 11) is 0. The van der Waals surface area contributed by atoms with E-state index in [1.807, 2.05) is 6.92 Å². The van der Waals surface area contributed by atoms with E-state index >= 15 is 0 Å². The topological polar surface area (TPSA) is 38.7 Å². The maximum atomic E-state index is 13.0. The molecule has 0 aliphatic rings. The summed E-state index contributed by atoms with van der Waals surface area (Å²) in [6.07, 6.45) is 0.630. The van der Waals surface area contributed by atoms with Crippen LogP contribution in [0.2, 0.25) is 0 Å². The van der Waals surface area contributed by atoms with Crippen LogP contribution in [0.15, 0.2) is 35.3 Å². The summed E-state index contributed by atoms with van der Waals surface area (Å²) in [6, 6.07) is 4.01. The Morgan fingerprint density at radius 3 is 2.71 bits per heavy atom. The quantitative estimate of drug-likeness (QED) is 0.440. The van der Waals surface area contributed by atoms with E-state index in [9.17, 15) is 13.6 Å². The lowest BCUT2D eigenvalue weighted by atomic mass is 10.0. The Labute approximate surface area is 127 Å². The van der Waals surface area contributed by atoms with Crippen molar-refractivity contribution in [1.82, 2.24) is 0 Å². The number of nitrogens with zero attached hydrogens (tertiary/aromatic N) is 1. The lowest BCUT2D eigenvalue weighted by molar-refractivity contribution is 0.107. The monoisotopic (exact) mass is 315 g/mol. The minimum Gasteiger partial charge on any atom is -0.473 e. The molecule has 3 nitrogen and oxygen atoms in total. The van der Waals surface area contributed by atoms with E-state index in [4.69, 9.17) is 16.3 Å². The van der Waals surface area contributed by atoms with Crippen LogP contribution < -0.4 is 0 Å². The second kappa shape index (κ2) is 8.52. The van der Waals surface area contributed by atoms with Gasteiger partial charge in [0.15, 0.2) is 0 Å². The van der Waals surface area contributed by atoms with Crippen molar-refractivity contribution in [2.45, 2.75) is 26.9 Å². The number of alkyl halides is 2. The summed E-state index contributed by atoms with van der Waals surface area (Å²) in [6.45, 7) is 3.91. The number of aliphatic imine (C=N–C) groups is 1. The highest BCUT2D eigenvalue weighted by atomic mass is 35.5. The number of hydrogen-bond acceptors (Lipinski definition) is 3. The lowest BCUT2D eigenvalue weighted by Crippen LogP contribution is -2.09. The fraction of sp³-hybridized carbons (Fsp3) is 0.333. The summed E-state index contributed by atoms with van der Waals surface area (Å²) in [5.74, 6) is 0.317. The van der Waals surface area contributed by atoms with E-state index < -0.39 is 11.7 Å². The van der Waals surface area contributed by atoms with Gasteiger partial charge < -0.3 is 4.74 Å². The van der Waals surface area contributed by atoms with E-state index in [-0.39, 0.29) is 23.3 Å². The van der Waals surface area contributed by atoms with E-state index in [0.29, 0.717) is 12.4 Å². The van der Waals surface area contributed by atoms with Gasteiger partial charge in [0.1, 0.15) is 6.61 Å². The van der Waals surface area contributed by atoms with Crippen molar-refractivity contribution in [2.75, 3.05) is 6.54 Å². The SMILES string of the molecule is C/C=C\C(=N/CC)OCc1c(C(=O)Cl)cccc1C(F)F. The van der Waals surface area contributed by atoms with Crippen molar-refractivity contribution >= 4 is 22.7 Å². The van der Waals surface area contributed by atoms with Crippen molar-refractivity contribution < 1.29 is 18.3 Å². The van der Waals surface area contributed by atoms with Crippen LogP contribution in [0.4, 0.5) is 8.78 Å². The number of benzene rings is 1. The number of carbonyl (C=O) groups is 1. The molecule has 1 rings (SSSR count). The van der Waals surface area contributed by atoms with Crippen LogP contribution in [0.5, 0.6) is 0 Å². The van der Waals surface area contributed by atoms with Crippen LogP contribution in [-0.4, -0.2) is 17.7 Å². The maximum Gasteiger partial charge on any atom is 0.264 e. The van der Waals surface area contributed by atoms with Gasteiger partial charge in [-0.3, -0.25) is 9.79 Å². The third-order valence-electron chi connectivity index (χ3n) is 2.65. The molecule has 0 aliphatic carbocycles. The molecule has 0 N–H and O–H groups in total. The van der Waals surface area contributed by atoms with Gasteiger partial charge >= 0.3 is 0 Å². The second-order valence-corrected chi connectivity index (χ2v) is 4.39. The fourth-order valence-corrected chi connectivity index (χ4v) is 1.92. The molecule has 6 heteroatoms. The fourth-order valence-electron chi connectivity index (χ4n) is 1.75. The Bertz CT molecular complexity index is 557. The molecule has 0 radical (unpaired) electrons. The Hall–Kier alpha value is -1.75. The molecule has 1 aromatic rings. The highest BCUT2D eigenvalue weighted by Crippen LogP contribution is 2.27. The minimum atomic E-state index is -2.71. The van der Waals surface area contributed by atoms with E-state index in [1.54, 1.807) is 19.1 Å². The summed E-state index contributed by atoms with van der Waals surface area (Å²) in [5.41, 5.74) is -0.163. The number of halogens is 3. The van der Waals surface area contributed by atoms with Gasteiger partial charge in [0.25, 0.3) is 11.7 Å². The number of carbonyl (C=O) groups excluding carboxylic acids is 1. The van der Waals surface area contributed by atoms with Gasteiger partial charge in [0, 0.05) is 23.2 Å². The van der Waals surface area contributed by atoms with Gasteiger partial charge in [-0.05, 0) is 37.6 Å². The van der Waals surface area contributed by atoms with E-state index in [1.165, 1.54) is 18.2 Å². The first kappa shape index (κ1) is 17.3. The number of hydrogen-bond donors (Lipinski definition) is 0. The minimum absolute atomic E-state index is 0.0193. The zero-order valence-electron chi connectivity index (χ0n) is 11.8. The van der Waals surface area contributed by atoms with Crippen LogP contribution in [0.25, 0.3) is 0 Å². The summed E-state index contributed by atoms with van der Waals surface area (Å²) in [4.78, 5) is 15.4. The zero-order valence-corrected chi connectivity index (χ0v) is 12.5. The molecule has 114 valence electrons. The second-order valence-electron chi connectivity index (χ2n) is 4.05. The molecule has 0 saturated carbocycles. The van der Waals surface area contributed by atoms with Crippen LogP contribution >= 0.6 is 11.6 Å². The standard InChI is InChI=1S/C15H16ClF2NO2/c1-3-6-13(19-4-2)21-9-12-10(14(16)20)7-5-8-11(12)15(17)18/h3,5-8,15H,4,9H2,1-2H3/b6-3-,19-13+. The number of allylic oxidation sites excluding steroid dienone is 1. The molecule has 21 heavy (non-hydrogen) atoms. The number of ether oxygens (including phenoxy) is 1. The Morgan fingerprint density at radius 2 is 2.19 bits per heavy atom. The van der Waals surface area contributed by atoms with Gasteiger partial charge in [-0.15, -0.1) is 0 Å². The maximum absolute atomic E-state index is 13.0. The third-order valence-corrected chi connectivity index (χ3v) is 2.85. The smallest absolute Gasteiger partial charge is 0.264 e. The first-order valence-electron chi connectivity index (χ1n) is 6.40. The van der Waals surface area contributed by atoms with Crippen LogP contribution in [-0.2, 0) is 11.3 Å². The van der Waals surface area contributed by atoms with Crippen LogP contribution in [0, 0.1) is 0 Å². The van der Waals surface area contributed by atoms with Crippen LogP contribution in [0.3, 0.4) is 0 Å². The molecule has 0 atom stereocenters. The largest absolute Gasteiger partial charge is 0.473 e. The molecular weight excluding hydrogens is 300 g/mol. The molecule has 0 saturated heterocycles. The predicted octanol–water partition coefficient (Wildman–Crippen LogP) is 4.51. The highest BCUT2D eigenvalue weighted by molar-refractivity contribution is 6.67. The van der Waals surface area contributed by atoms with Gasteiger partial charge in [-0.2, -0.15) is 0 Å². The van der Waals surface area contributed by atoms with Gasteiger partial charge in [-0.25, -0.2) is 8.78 Å². The first-order chi connectivity index (χ1) is 10.0. The molecule has 0 fully saturated rings. The van der Waals surface area contributed by atoms with Crippen molar-refractivity contribution in [2.24, 2.45) is 4.99 Å². The molecule has 0 amide bonds.